The molecule has 1 N–H and O–H groups in total. The number of nitrogens with one attached hydrogen (secondary N) is 1. The second-order valence-electron chi connectivity index (χ2n) is 7.30. The summed E-state index contributed by atoms with van der Waals surface area (Å²) >= 11 is 0. The van der Waals surface area contributed by atoms with Crippen LogP contribution >= 0.6 is 0 Å². The molecule has 0 bridgehead atoms. The van der Waals surface area contributed by atoms with E-state index in [2.05, 4.69) is 21.8 Å². The highest BCUT2D eigenvalue weighted by molar-refractivity contribution is 7.89. The molecular formula is C22H29N3O4S. The first kappa shape index (κ1) is 22.3. The number of rotatable bonds is 7. The van der Waals surface area contributed by atoms with E-state index < -0.39 is 10.0 Å². The number of carbonyl (C=O) groups excluding carboxylic acids is 1. The van der Waals surface area contributed by atoms with Crippen molar-refractivity contribution >= 4 is 15.9 Å². The van der Waals surface area contributed by atoms with Crippen LogP contribution in [0.2, 0.25) is 0 Å². The number of amides is 1. The maximum Gasteiger partial charge on any atom is 0.253 e. The minimum Gasteiger partial charge on any atom is -0.497 e. The highest BCUT2D eigenvalue weighted by Crippen LogP contribution is 2.17. The average Bonchev–Trinajstić information content (AvgIpc) is 2.99. The highest BCUT2D eigenvalue weighted by atomic mass is 32.2. The zero-order valence-corrected chi connectivity index (χ0v) is 18.3. The zero-order valence-electron chi connectivity index (χ0n) is 17.5. The summed E-state index contributed by atoms with van der Waals surface area (Å²) in [6, 6.07) is 14.3. The number of hydrogen-bond donors (Lipinski definition) is 1. The maximum absolute atomic E-state index is 13.0. The Morgan fingerprint density at radius 3 is 2.53 bits per heavy atom. The van der Waals surface area contributed by atoms with Crippen LogP contribution in [-0.4, -0.2) is 64.0 Å². The number of ether oxygens (including phenoxy) is 1. The fraction of sp³-hybridized carbons (Fsp3) is 0.409. The summed E-state index contributed by atoms with van der Waals surface area (Å²) in [5.41, 5.74) is 1.61. The average molecular weight is 432 g/mol. The van der Waals surface area contributed by atoms with Crippen LogP contribution in [0, 0.1) is 0 Å². The first-order valence-electron chi connectivity index (χ1n) is 10.2. The molecule has 1 aliphatic heterocycles. The smallest absolute Gasteiger partial charge is 0.253 e. The molecule has 162 valence electrons. The van der Waals surface area contributed by atoms with Crippen LogP contribution in [0.15, 0.2) is 53.4 Å². The number of hydrogen-bond acceptors (Lipinski definition) is 5. The molecule has 30 heavy (non-hydrogen) atoms. The van der Waals surface area contributed by atoms with Crippen molar-refractivity contribution in [1.82, 2.24) is 14.5 Å². The number of sulfonamides is 1. The lowest BCUT2D eigenvalue weighted by Gasteiger charge is -2.22. The molecule has 0 saturated carbocycles. The van der Waals surface area contributed by atoms with E-state index in [9.17, 15) is 13.2 Å². The Hall–Kier alpha value is -2.42. The summed E-state index contributed by atoms with van der Waals surface area (Å²) in [6.07, 6.45) is 0.872. The van der Waals surface area contributed by atoms with Crippen molar-refractivity contribution in [2.45, 2.75) is 24.8 Å². The Labute approximate surface area is 178 Å². The number of nitrogens with zero attached hydrogens (tertiary/aromatic N) is 2. The molecule has 1 saturated heterocycles. The van der Waals surface area contributed by atoms with Crippen LogP contribution in [0.4, 0.5) is 0 Å². The second kappa shape index (κ2) is 10.1. The van der Waals surface area contributed by atoms with Gasteiger partial charge < -0.3 is 9.64 Å². The minimum atomic E-state index is -3.59. The van der Waals surface area contributed by atoms with E-state index >= 15 is 0 Å². The van der Waals surface area contributed by atoms with Crippen molar-refractivity contribution in [2.75, 3.05) is 39.8 Å². The third-order valence-corrected chi connectivity index (χ3v) is 6.71. The molecule has 1 fully saturated rings. The van der Waals surface area contributed by atoms with E-state index in [1.165, 1.54) is 17.7 Å². The van der Waals surface area contributed by atoms with Crippen molar-refractivity contribution in [3.05, 3.63) is 59.7 Å². The van der Waals surface area contributed by atoms with Gasteiger partial charge in [-0.1, -0.05) is 25.1 Å². The van der Waals surface area contributed by atoms with E-state index in [0.29, 0.717) is 25.2 Å². The molecule has 0 spiro atoms. The lowest BCUT2D eigenvalue weighted by atomic mass is 10.2. The number of benzene rings is 2. The molecule has 2 aromatic rings. The topological polar surface area (TPSA) is 79.0 Å². The Kier molecular flexibility index (Phi) is 7.47. The van der Waals surface area contributed by atoms with Gasteiger partial charge in [0.05, 0.1) is 12.0 Å². The molecule has 0 atom stereocenters. The second-order valence-corrected chi connectivity index (χ2v) is 9.07. The van der Waals surface area contributed by atoms with Gasteiger partial charge in [0.25, 0.3) is 5.91 Å². The predicted octanol–water partition coefficient (Wildman–Crippen LogP) is 2.34. The molecule has 3 rings (SSSR count). The lowest BCUT2D eigenvalue weighted by molar-refractivity contribution is 0.0761. The van der Waals surface area contributed by atoms with Gasteiger partial charge in [-0.15, -0.1) is 0 Å². The summed E-state index contributed by atoms with van der Waals surface area (Å²) in [7, 11) is -1.94. The monoisotopic (exact) mass is 431 g/mol. The van der Waals surface area contributed by atoms with Crippen LogP contribution in [-0.2, 0) is 16.6 Å². The van der Waals surface area contributed by atoms with Gasteiger partial charge in [-0.3, -0.25) is 9.69 Å². The van der Waals surface area contributed by atoms with Gasteiger partial charge in [0.2, 0.25) is 10.0 Å². The van der Waals surface area contributed by atoms with Crippen LogP contribution in [0.3, 0.4) is 0 Å². The summed E-state index contributed by atoms with van der Waals surface area (Å²) in [5, 5.41) is 0. The van der Waals surface area contributed by atoms with Crippen LogP contribution in [0.25, 0.3) is 0 Å². The van der Waals surface area contributed by atoms with Gasteiger partial charge in [-0.25, -0.2) is 13.1 Å². The van der Waals surface area contributed by atoms with E-state index in [-0.39, 0.29) is 10.8 Å². The fourth-order valence-corrected chi connectivity index (χ4v) is 4.66. The van der Waals surface area contributed by atoms with E-state index in [0.717, 1.165) is 31.8 Å². The normalized spacial score (nSPS) is 15.6. The van der Waals surface area contributed by atoms with Crippen molar-refractivity contribution in [1.29, 1.82) is 0 Å². The summed E-state index contributed by atoms with van der Waals surface area (Å²) in [4.78, 5) is 17.3. The summed E-state index contributed by atoms with van der Waals surface area (Å²) < 4.78 is 32.2. The van der Waals surface area contributed by atoms with Gasteiger partial charge in [-0.05, 0) is 42.3 Å². The van der Waals surface area contributed by atoms with E-state index in [4.69, 9.17) is 4.74 Å². The third-order valence-electron chi connectivity index (χ3n) is 5.17. The minimum absolute atomic E-state index is 0.117. The van der Waals surface area contributed by atoms with E-state index in [1.807, 2.05) is 17.0 Å². The SMILES string of the molecule is CCNS(=O)(=O)c1cccc(C(=O)N2CCCN(Cc3ccc(OC)cc3)CC2)c1. The molecule has 1 amide bonds. The Balaban J connectivity index is 1.64. The summed E-state index contributed by atoms with van der Waals surface area (Å²) in [6.45, 7) is 5.79. The van der Waals surface area contributed by atoms with E-state index in [1.54, 1.807) is 26.2 Å². The van der Waals surface area contributed by atoms with Crippen LogP contribution < -0.4 is 9.46 Å². The molecule has 0 unspecified atom stereocenters. The summed E-state index contributed by atoms with van der Waals surface area (Å²) in [5.74, 6) is 0.708. The number of methoxy groups -OCH3 is 1. The van der Waals surface area contributed by atoms with Gasteiger partial charge in [0.15, 0.2) is 0 Å². The largest absolute Gasteiger partial charge is 0.497 e. The van der Waals surface area contributed by atoms with Gasteiger partial charge >= 0.3 is 0 Å². The van der Waals surface area contributed by atoms with Crippen molar-refractivity contribution in [3.63, 3.8) is 0 Å². The predicted molar refractivity (Wildman–Crippen MR) is 116 cm³/mol. The number of carbonyl (C=O) groups is 1. The maximum atomic E-state index is 13.0. The van der Waals surface area contributed by atoms with Gasteiger partial charge in [0.1, 0.15) is 5.75 Å². The first-order chi connectivity index (χ1) is 14.4. The highest BCUT2D eigenvalue weighted by Gasteiger charge is 2.22. The molecule has 8 heteroatoms. The quantitative estimate of drug-likeness (QED) is 0.728. The molecule has 0 radical (unpaired) electrons. The Morgan fingerprint density at radius 2 is 1.83 bits per heavy atom. The third kappa shape index (κ3) is 5.59. The molecule has 1 aliphatic rings. The lowest BCUT2D eigenvalue weighted by Crippen LogP contribution is -2.35. The van der Waals surface area contributed by atoms with Crippen LogP contribution in [0.1, 0.15) is 29.3 Å². The molecule has 1 heterocycles. The molecule has 0 aromatic heterocycles. The zero-order chi connectivity index (χ0) is 21.6. The van der Waals surface area contributed by atoms with Crippen molar-refractivity contribution in [2.24, 2.45) is 0 Å². The Morgan fingerprint density at radius 1 is 1.07 bits per heavy atom. The fourth-order valence-electron chi connectivity index (χ4n) is 3.57. The van der Waals surface area contributed by atoms with Crippen molar-refractivity contribution in [3.8, 4) is 5.75 Å². The van der Waals surface area contributed by atoms with Crippen LogP contribution in [0.5, 0.6) is 5.75 Å². The van der Waals surface area contributed by atoms with Gasteiger partial charge in [-0.2, -0.15) is 0 Å². The standard InChI is InChI=1S/C22H29N3O4S/c1-3-23-30(27,28)21-7-4-6-19(16-21)22(26)25-13-5-12-24(14-15-25)17-18-8-10-20(29-2)11-9-18/h4,6-11,16,23H,3,5,12-15,17H2,1-2H3. The molecule has 7 nitrogen and oxygen atoms in total. The molecular weight excluding hydrogens is 402 g/mol. The van der Waals surface area contributed by atoms with Crippen molar-refractivity contribution < 1.29 is 17.9 Å². The Bertz CT molecular complexity index is 961. The first-order valence-corrected chi connectivity index (χ1v) is 11.7. The molecule has 2 aromatic carbocycles. The molecule has 0 aliphatic carbocycles. The van der Waals surface area contributed by atoms with Gasteiger partial charge in [0, 0.05) is 44.8 Å².